The van der Waals surface area contributed by atoms with Crippen molar-refractivity contribution in [2.24, 2.45) is 17.3 Å². The number of nitrogens with zero attached hydrogens (tertiary/aromatic N) is 4. The molecule has 5 aromatic rings. The molecule has 7 rings (SSSR count). The first kappa shape index (κ1) is 80.6. The number of amides is 9. The molecule has 0 bridgehead atoms. The molecule has 0 unspecified atom stereocenters. The number of unbranched alkanes of at least 4 members (excludes halogenated alkanes) is 2. The highest BCUT2D eigenvalue weighted by Crippen LogP contribution is 2.34. The van der Waals surface area contributed by atoms with E-state index in [4.69, 9.17) is 9.57 Å². The minimum atomic E-state index is -1.30. The van der Waals surface area contributed by atoms with E-state index in [1.54, 1.807) is 73.3 Å². The van der Waals surface area contributed by atoms with E-state index >= 15 is 0 Å². The van der Waals surface area contributed by atoms with Crippen molar-refractivity contribution in [1.29, 1.82) is 0 Å². The third-order valence-corrected chi connectivity index (χ3v) is 19.4. The number of esters is 1. The number of carboxylic acids is 1. The number of carbonyl (C=O) groups excluding carboxylic acids is 10. The SMILES string of the molecule is CCCCCON(C(=O)[C@@H](NC(=O)[C@H]1CCCCN1C)[C@@H](C)CC)[C@H](C[C@@H](OC(C)=O)c1nc(C(=O)N[C@@H](Cc2ccc(NC(=O)CNC(=O)[C@H](Cc3ccccc3)NC(=O)CNC(=O)CNC(=O)CCC(=O)N3Cc4ccccc4/C=C\c4ccccc43)cc2)CC(C)(C)C(=O)O)cs1)C(C)C. The lowest BCUT2D eigenvalue weighted by Crippen LogP contribution is -2.58. The topological polar surface area (TPSA) is 333 Å². The molecule has 0 aliphatic carbocycles. The number of piperidine rings is 1. The van der Waals surface area contributed by atoms with E-state index in [9.17, 15) is 57.8 Å². The molecule has 25 nitrogen and oxygen atoms in total. The van der Waals surface area contributed by atoms with Crippen molar-refractivity contribution in [2.75, 3.05) is 50.1 Å². The highest BCUT2D eigenvalue weighted by atomic mass is 32.1. The minimum absolute atomic E-state index is 0.0101. The van der Waals surface area contributed by atoms with Gasteiger partial charge in [-0.05, 0) is 117 Å². The second kappa shape index (κ2) is 39.7. The molecule has 4 aromatic carbocycles. The molecule has 7 atom stereocenters. The quantitative estimate of drug-likeness (QED) is 0.0105. The molecular weight excluding hydrogens is 1330 g/mol. The fraction of sp³-hybridized carbons (Fsp3) is 0.481. The largest absolute Gasteiger partial charge is 0.481 e. The van der Waals surface area contributed by atoms with Crippen molar-refractivity contribution in [3.63, 3.8) is 0 Å². The van der Waals surface area contributed by atoms with Gasteiger partial charge in [0.15, 0.2) is 6.10 Å². The first-order valence-corrected chi connectivity index (χ1v) is 36.4. The number of carboxylic acid groups (broad SMARTS) is 1. The van der Waals surface area contributed by atoms with Crippen molar-refractivity contribution in [3.05, 3.63) is 147 Å². The number of carbonyl (C=O) groups is 11. The van der Waals surface area contributed by atoms with Gasteiger partial charge in [0.2, 0.25) is 41.4 Å². The zero-order valence-electron chi connectivity index (χ0n) is 60.6. The standard InChI is InChI=1S/C77H101N11O14S/c1-10-12-22-39-101-88(75(98)70(50(5)11-2)85-73(97)62-29-20-21-38-86(62)9)63(49(3)4)42-64(102-51(6)89)74-84-60(48-103-74)72(96)82-58(43-77(7,8)76(99)100)40-53-30-34-57(35-31-53)81-67(92)46-80-71(95)59(41-52-23-14-13-15-24-52)83-68(93)45-79-66(91)44-78-65(90)36-37-69(94)87-47-56-27-17-16-25-54(56)32-33-55-26-18-19-28-61(55)87/h13-19,23-28,30-35,48-50,58-59,62-64,70H,10-12,20-22,29,36-47H2,1-9H3,(H,78,90)(H,79,91)(H,80,95)(H,81,92)(H,82,96)(H,83,93)(H,85,97)(H,99,100)/b33-32-/t50-,58-,59-,62+,63+,64+,70-/m0/s1. The molecule has 26 heteroatoms. The van der Waals surface area contributed by atoms with Gasteiger partial charge in [0.25, 0.3) is 11.8 Å². The van der Waals surface area contributed by atoms with E-state index in [1.807, 2.05) is 100 Å². The molecule has 8 N–H and O–H groups in total. The number of rotatable bonds is 37. The molecule has 2 aliphatic heterocycles. The third-order valence-electron chi connectivity index (χ3n) is 18.5. The van der Waals surface area contributed by atoms with Crippen LogP contribution in [0.1, 0.15) is 175 Å². The smallest absolute Gasteiger partial charge is 0.309 e. The molecule has 0 spiro atoms. The number of para-hydroxylation sites is 1. The lowest BCUT2D eigenvalue weighted by Gasteiger charge is -2.39. The predicted octanol–water partition coefficient (Wildman–Crippen LogP) is 8.48. The Hall–Kier alpha value is -9.66. The maximum absolute atomic E-state index is 15.0. The van der Waals surface area contributed by atoms with Crippen molar-refractivity contribution in [3.8, 4) is 0 Å². The molecule has 0 saturated carbocycles. The van der Waals surface area contributed by atoms with Crippen LogP contribution in [0.5, 0.6) is 0 Å². The van der Waals surface area contributed by atoms with E-state index < -0.39 is 109 Å². The Bertz CT molecular complexity index is 3770. The summed E-state index contributed by atoms with van der Waals surface area (Å²) in [7, 11) is 1.91. The van der Waals surface area contributed by atoms with Crippen LogP contribution in [0, 0.1) is 17.3 Å². The second-order valence-corrected chi connectivity index (χ2v) is 28.3. The number of aliphatic carboxylic acids is 1. The summed E-state index contributed by atoms with van der Waals surface area (Å²) >= 11 is 1.08. The van der Waals surface area contributed by atoms with Gasteiger partial charge in [-0.1, -0.05) is 157 Å². The molecule has 3 heterocycles. The Labute approximate surface area is 607 Å². The minimum Gasteiger partial charge on any atom is -0.481 e. The molecule has 1 saturated heterocycles. The molecule has 1 aromatic heterocycles. The van der Waals surface area contributed by atoms with Gasteiger partial charge in [0, 0.05) is 49.7 Å². The monoisotopic (exact) mass is 1440 g/mol. The van der Waals surface area contributed by atoms with Gasteiger partial charge in [-0.2, -0.15) is 0 Å². The summed E-state index contributed by atoms with van der Waals surface area (Å²) in [5, 5.41) is 32.3. The lowest BCUT2D eigenvalue weighted by atomic mass is 9.84. The molecule has 103 heavy (non-hydrogen) atoms. The zero-order chi connectivity index (χ0) is 74.8. The summed E-state index contributed by atoms with van der Waals surface area (Å²) in [6.07, 6.45) is 8.36. The van der Waals surface area contributed by atoms with Gasteiger partial charge in [0.1, 0.15) is 22.8 Å². The summed E-state index contributed by atoms with van der Waals surface area (Å²) in [5.41, 5.74) is 3.86. The van der Waals surface area contributed by atoms with E-state index in [-0.39, 0.29) is 85.5 Å². The van der Waals surface area contributed by atoms with Crippen LogP contribution in [-0.4, -0.2) is 155 Å². The second-order valence-electron chi connectivity index (χ2n) is 27.4. The Morgan fingerprint density at radius 1 is 0.728 bits per heavy atom. The molecule has 9 amide bonds. The van der Waals surface area contributed by atoms with Crippen LogP contribution in [0.2, 0.25) is 0 Å². The van der Waals surface area contributed by atoms with Crippen LogP contribution in [0.15, 0.2) is 109 Å². The number of ether oxygens (including phenoxy) is 1. The van der Waals surface area contributed by atoms with E-state index in [1.165, 1.54) is 17.4 Å². The van der Waals surface area contributed by atoms with E-state index in [2.05, 4.69) is 49.1 Å². The number of hydrogen-bond acceptors (Lipinski definition) is 16. The molecular formula is C77H101N11O14S. The van der Waals surface area contributed by atoms with E-state index in [0.717, 1.165) is 60.3 Å². The molecule has 2 aliphatic rings. The maximum Gasteiger partial charge on any atom is 0.309 e. The predicted molar refractivity (Wildman–Crippen MR) is 393 cm³/mol. The average molecular weight is 1440 g/mol. The normalized spacial score (nSPS) is 15.7. The highest BCUT2D eigenvalue weighted by Gasteiger charge is 2.41. The number of benzene rings is 4. The zero-order valence-corrected chi connectivity index (χ0v) is 61.4. The molecule has 1 fully saturated rings. The van der Waals surface area contributed by atoms with Crippen LogP contribution < -0.4 is 42.1 Å². The number of fused-ring (bicyclic) bond motifs is 2. The van der Waals surface area contributed by atoms with Gasteiger partial charge in [0.05, 0.1) is 56.0 Å². The third kappa shape index (κ3) is 24.8. The number of anilines is 2. The van der Waals surface area contributed by atoms with Gasteiger partial charge in [-0.3, -0.25) is 62.5 Å². The number of aromatic nitrogens is 1. The van der Waals surface area contributed by atoms with Crippen molar-refractivity contribution >= 4 is 100.0 Å². The Kier molecular flexibility index (Phi) is 31.1. The average Bonchev–Trinajstić information content (AvgIpc) is 1.61. The maximum atomic E-state index is 15.0. The van der Waals surface area contributed by atoms with Crippen LogP contribution in [0.3, 0.4) is 0 Å². The van der Waals surface area contributed by atoms with Crippen LogP contribution in [0.25, 0.3) is 12.2 Å². The summed E-state index contributed by atoms with van der Waals surface area (Å²) in [6, 6.07) is 26.7. The number of likely N-dealkylation sites (tertiary alicyclic amines) is 1. The van der Waals surface area contributed by atoms with Gasteiger partial charge < -0.3 is 52.0 Å². The number of hydroxylamine groups is 2. The number of likely N-dealkylation sites (N-methyl/N-ethyl adjacent to an activating group) is 1. The Balaban J connectivity index is 0.932. The first-order chi connectivity index (χ1) is 49.2. The van der Waals surface area contributed by atoms with Gasteiger partial charge in [-0.15, -0.1) is 11.3 Å². The van der Waals surface area contributed by atoms with E-state index in [0.29, 0.717) is 48.3 Å². The van der Waals surface area contributed by atoms with Crippen molar-refractivity contribution in [1.82, 2.24) is 46.8 Å². The first-order valence-electron chi connectivity index (χ1n) is 35.6. The molecule has 0 radical (unpaired) electrons. The van der Waals surface area contributed by atoms with Crippen LogP contribution in [0.4, 0.5) is 11.4 Å². The van der Waals surface area contributed by atoms with Crippen molar-refractivity contribution in [2.45, 2.75) is 182 Å². The van der Waals surface area contributed by atoms with Crippen molar-refractivity contribution < 1.29 is 67.4 Å². The fourth-order valence-electron chi connectivity index (χ4n) is 12.3. The van der Waals surface area contributed by atoms with Crippen LogP contribution >= 0.6 is 11.3 Å². The number of hydrogen-bond donors (Lipinski definition) is 8. The molecule has 554 valence electrons. The van der Waals surface area contributed by atoms with Gasteiger partial charge in [-0.25, -0.2) is 10.0 Å². The van der Waals surface area contributed by atoms with Gasteiger partial charge >= 0.3 is 11.9 Å². The Morgan fingerprint density at radius 2 is 1.39 bits per heavy atom. The fourth-order valence-corrected chi connectivity index (χ4v) is 13.1. The summed E-state index contributed by atoms with van der Waals surface area (Å²) in [5.74, 6) is -7.05. The summed E-state index contributed by atoms with van der Waals surface area (Å²) < 4.78 is 5.93. The summed E-state index contributed by atoms with van der Waals surface area (Å²) in [6.45, 7) is 13.9. The van der Waals surface area contributed by atoms with Crippen LogP contribution in [-0.2, 0) is 76.9 Å². The Morgan fingerprint density at radius 3 is 2.08 bits per heavy atom. The highest BCUT2D eigenvalue weighted by molar-refractivity contribution is 7.09. The number of nitrogens with one attached hydrogen (secondary N) is 7. The summed E-state index contributed by atoms with van der Waals surface area (Å²) in [4.78, 5) is 163. The lowest BCUT2D eigenvalue weighted by molar-refractivity contribution is -0.213. The number of thiazole rings is 1.